The molecule has 3 rings (SSSR count). The van der Waals surface area contributed by atoms with Crippen LogP contribution in [0.15, 0.2) is 51.7 Å². The molecule has 0 atom stereocenters. The second kappa shape index (κ2) is 10.2. The molecule has 1 N–H and O–H groups in total. The average molecular weight is 525 g/mol. The van der Waals surface area contributed by atoms with Crippen LogP contribution in [0.25, 0.3) is 5.69 Å². The third-order valence-corrected chi connectivity index (χ3v) is 5.64. The summed E-state index contributed by atoms with van der Waals surface area (Å²) < 4.78 is 48.2. The van der Waals surface area contributed by atoms with Crippen LogP contribution in [0.3, 0.4) is 0 Å². The molecule has 10 heteroatoms. The van der Waals surface area contributed by atoms with Crippen LogP contribution in [-0.2, 0) is 6.61 Å². The van der Waals surface area contributed by atoms with Crippen molar-refractivity contribution < 1.29 is 27.8 Å². The van der Waals surface area contributed by atoms with Gasteiger partial charge >= 0.3 is 0 Å². The molecule has 0 aliphatic rings. The molecular weight excluding hydrogens is 505 g/mol. The van der Waals surface area contributed by atoms with E-state index < -0.39 is 28.9 Å². The van der Waals surface area contributed by atoms with E-state index in [9.17, 15) is 22.8 Å². The number of aliphatic hydroxyl groups excluding tert-OH is 1. The number of aryl methyl sites for hydroxylation is 1. The molecule has 0 aliphatic heterocycles. The van der Waals surface area contributed by atoms with Gasteiger partial charge in [-0.3, -0.25) is 14.2 Å². The highest BCUT2D eigenvalue weighted by atomic mass is 79.9. The molecule has 3 aromatic rings. The predicted octanol–water partition coefficient (Wildman–Crippen LogP) is 3.97. The minimum atomic E-state index is -0.786. The van der Waals surface area contributed by atoms with E-state index >= 15 is 0 Å². The normalized spacial score (nSPS) is 10.9. The van der Waals surface area contributed by atoms with E-state index in [0.29, 0.717) is 5.69 Å². The molecule has 0 unspecified atom stereocenters. The quantitative estimate of drug-likeness (QED) is 0.507. The van der Waals surface area contributed by atoms with Crippen molar-refractivity contribution >= 4 is 21.8 Å². The van der Waals surface area contributed by atoms with Crippen molar-refractivity contribution in [1.29, 1.82) is 0 Å². The molecule has 0 fully saturated rings. The van der Waals surface area contributed by atoms with Crippen LogP contribution in [0.5, 0.6) is 5.75 Å². The summed E-state index contributed by atoms with van der Waals surface area (Å²) in [6.45, 7) is 1.15. The first-order valence-electron chi connectivity index (χ1n) is 9.79. The molecule has 1 heterocycles. The molecular formula is C23H20BrF3N2O4. The first kappa shape index (κ1) is 24.5. The molecule has 1 amide bonds. The maximum Gasteiger partial charge on any atom is 0.273 e. The minimum absolute atomic E-state index is 0.0378. The Morgan fingerprint density at radius 3 is 2.52 bits per heavy atom. The van der Waals surface area contributed by atoms with Gasteiger partial charge < -0.3 is 14.7 Å². The van der Waals surface area contributed by atoms with Crippen LogP contribution in [0.4, 0.5) is 13.2 Å². The standard InChI is InChI=1S/C23H20BrF3N2O4/c1-13-9-20(33-12-15-3-5-16(25)11-18(15)27)21(24)23(32)29(13)19-10-14(4-6-17(19)26)22(31)28(2)7-8-30/h3-6,9-11,30H,7-8,12H2,1-2H3. The summed E-state index contributed by atoms with van der Waals surface area (Å²) in [6, 6.07) is 8.13. The Balaban J connectivity index is 1.97. The lowest BCUT2D eigenvalue weighted by Crippen LogP contribution is -2.30. The lowest BCUT2D eigenvalue weighted by Gasteiger charge is -2.18. The largest absolute Gasteiger partial charge is 0.487 e. The number of amides is 1. The fourth-order valence-electron chi connectivity index (χ4n) is 3.17. The number of nitrogens with zero attached hydrogens (tertiary/aromatic N) is 2. The minimum Gasteiger partial charge on any atom is -0.487 e. The Morgan fingerprint density at radius 1 is 1.12 bits per heavy atom. The summed E-state index contributed by atoms with van der Waals surface area (Å²) in [7, 11) is 1.49. The monoisotopic (exact) mass is 524 g/mol. The smallest absolute Gasteiger partial charge is 0.273 e. The zero-order valence-corrected chi connectivity index (χ0v) is 19.3. The topological polar surface area (TPSA) is 71.8 Å². The maximum atomic E-state index is 14.7. The van der Waals surface area contributed by atoms with Crippen LogP contribution in [0, 0.1) is 24.4 Å². The number of aliphatic hydroxyl groups is 1. The molecule has 6 nitrogen and oxygen atoms in total. The Kier molecular flexibility index (Phi) is 7.60. The molecule has 0 radical (unpaired) electrons. The summed E-state index contributed by atoms with van der Waals surface area (Å²) >= 11 is 3.14. The van der Waals surface area contributed by atoms with Crippen LogP contribution in [0.1, 0.15) is 21.6 Å². The van der Waals surface area contributed by atoms with Gasteiger partial charge in [0.1, 0.15) is 34.3 Å². The number of aromatic nitrogens is 1. The molecule has 33 heavy (non-hydrogen) atoms. The molecule has 0 saturated heterocycles. The summed E-state index contributed by atoms with van der Waals surface area (Å²) in [5, 5.41) is 9.03. The first-order valence-corrected chi connectivity index (χ1v) is 10.6. The highest BCUT2D eigenvalue weighted by Gasteiger charge is 2.19. The number of halogens is 4. The lowest BCUT2D eigenvalue weighted by atomic mass is 10.1. The summed E-state index contributed by atoms with van der Waals surface area (Å²) in [5.41, 5.74) is -0.273. The van der Waals surface area contributed by atoms with Gasteiger partial charge in [-0.05, 0) is 53.2 Å². The summed E-state index contributed by atoms with van der Waals surface area (Å²) in [4.78, 5) is 26.8. The average Bonchev–Trinajstić information content (AvgIpc) is 2.77. The van der Waals surface area contributed by atoms with E-state index in [1.54, 1.807) is 6.92 Å². The molecule has 0 saturated carbocycles. The number of benzene rings is 2. The van der Waals surface area contributed by atoms with Crippen molar-refractivity contribution in [3.05, 3.63) is 91.6 Å². The van der Waals surface area contributed by atoms with Crippen molar-refractivity contribution in [3.63, 3.8) is 0 Å². The highest BCUT2D eigenvalue weighted by Crippen LogP contribution is 2.26. The Morgan fingerprint density at radius 2 is 1.85 bits per heavy atom. The van der Waals surface area contributed by atoms with Crippen LogP contribution < -0.4 is 10.3 Å². The van der Waals surface area contributed by atoms with Gasteiger partial charge in [-0.25, -0.2) is 13.2 Å². The molecule has 174 valence electrons. The summed E-state index contributed by atoms with van der Waals surface area (Å²) in [5.74, 6) is -2.59. The van der Waals surface area contributed by atoms with Crippen molar-refractivity contribution in [2.75, 3.05) is 20.2 Å². The second-order valence-electron chi connectivity index (χ2n) is 7.25. The molecule has 2 aromatic carbocycles. The van der Waals surface area contributed by atoms with Gasteiger partial charge in [-0.15, -0.1) is 0 Å². The van der Waals surface area contributed by atoms with Crippen LogP contribution in [0.2, 0.25) is 0 Å². The van der Waals surface area contributed by atoms with E-state index in [0.717, 1.165) is 22.8 Å². The van der Waals surface area contributed by atoms with E-state index in [-0.39, 0.29) is 46.8 Å². The second-order valence-corrected chi connectivity index (χ2v) is 8.04. The summed E-state index contributed by atoms with van der Waals surface area (Å²) in [6.07, 6.45) is 0. The number of hydrogen-bond donors (Lipinski definition) is 1. The van der Waals surface area contributed by atoms with Gasteiger partial charge in [0.15, 0.2) is 0 Å². The van der Waals surface area contributed by atoms with Crippen LogP contribution >= 0.6 is 15.9 Å². The number of ether oxygens (including phenoxy) is 1. The fraction of sp³-hybridized carbons (Fsp3) is 0.217. The van der Waals surface area contributed by atoms with Gasteiger partial charge in [0.2, 0.25) is 0 Å². The third-order valence-electron chi connectivity index (χ3n) is 4.91. The third kappa shape index (κ3) is 5.28. The first-order chi connectivity index (χ1) is 15.6. The van der Waals surface area contributed by atoms with Gasteiger partial charge in [-0.2, -0.15) is 0 Å². The van der Waals surface area contributed by atoms with Crippen molar-refractivity contribution in [3.8, 4) is 11.4 Å². The number of likely N-dealkylation sites (N-methyl/N-ethyl adjacent to an activating group) is 1. The van der Waals surface area contributed by atoms with E-state index in [1.165, 1.54) is 36.2 Å². The zero-order chi connectivity index (χ0) is 24.3. The SMILES string of the molecule is Cc1cc(OCc2ccc(F)cc2F)c(Br)c(=O)n1-c1cc(C(=O)N(C)CCO)ccc1F. The van der Waals surface area contributed by atoms with E-state index in [2.05, 4.69) is 15.9 Å². The van der Waals surface area contributed by atoms with Gasteiger partial charge in [0.25, 0.3) is 11.5 Å². The molecule has 1 aromatic heterocycles. The lowest BCUT2D eigenvalue weighted by molar-refractivity contribution is 0.0767. The van der Waals surface area contributed by atoms with Crippen molar-refractivity contribution in [1.82, 2.24) is 9.47 Å². The Labute approximate surface area is 196 Å². The molecule has 0 bridgehead atoms. The molecule has 0 spiro atoms. The zero-order valence-electron chi connectivity index (χ0n) is 17.7. The number of pyridine rings is 1. The number of rotatable bonds is 7. The van der Waals surface area contributed by atoms with Gasteiger partial charge in [-0.1, -0.05) is 0 Å². The predicted molar refractivity (Wildman–Crippen MR) is 119 cm³/mol. The van der Waals surface area contributed by atoms with E-state index in [1.807, 2.05) is 0 Å². The Bertz CT molecular complexity index is 1260. The van der Waals surface area contributed by atoms with Crippen molar-refractivity contribution in [2.45, 2.75) is 13.5 Å². The number of carbonyl (C=O) groups is 1. The fourth-order valence-corrected chi connectivity index (χ4v) is 3.58. The number of carbonyl (C=O) groups excluding carboxylic acids is 1. The highest BCUT2D eigenvalue weighted by molar-refractivity contribution is 9.10. The Hall–Kier alpha value is -3.11. The van der Waals surface area contributed by atoms with Crippen LogP contribution in [-0.4, -0.2) is 40.7 Å². The molecule has 0 aliphatic carbocycles. The maximum absolute atomic E-state index is 14.7. The van der Waals surface area contributed by atoms with Gasteiger partial charge in [0, 0.05) is 42.5 Å². The van der Waals surface area contributed by atoms with Gasteiger partial charge in [0.05, 0.1) is 12.3 Å². The number of hydrogen-bond acceptors (Lipinski definition) is 4. The van der Waals surface area contributed by atoms with E-state index in [4.69, 9.17) is 9.84 Å². The van der Waals surface area contributed by atoms with Crippen molar-refractivity contribution in [2.24, 2.45) is 0 Å².